The lowest BCUT2D eigenvalue weighted by Gasteiger charge is -2.30. The van der Waals surface area contributed by atoms with E-state index in [4.69, 9.17) is 11.6 Å². The van der Waals surface area contributed by atoms with Crippen molar-refractivity contribution in [3.05, 3.63) is 33.7 Å². The van der Waals surface area contributed by atoms with Gasteiger partial charge in [0, 0.05) is 29.7 Å². The second kappa shape index (κ2) is 4.22. The fraction of sp³-hybridized carbons (Fsp3) is 0.364. The van der Waals surface area contributed by atoms with Gasteiger partial charge >= 0.3 is 0 Å². The Hall–Kier alpha value is -1.42. The van der Waals surface area contributed by atoms with Crippen molar-refractivity contribution in [2.24, 2.45) is 5.18 Å². The summed E-state index contributed by atoms with van der Waals surface area (Å²) in [6.07, 6.45) is 0.552. The van der Waals surface area contributed by atoms with E-state index in [9.17, 15) is 9.70 Å². The standard InChI is InChI=1S/C11H11ClN2O2/c1-7(15)14-5-4-10(13-16)9-6-8(12)2-3-11(9)14/h2-3,6,10H,4-5H2,1H3. The van der Waals surface area contributed by atoms with Gasteiger partial charge < -0.3 is 4.90 Å². The minimum Gasteiger partial charge on any atom is -0.312 e. The first-order chi connectivity index (χ1) is 7.63. The Kier molecular flexibility index (Phi) is 2.92. The lowest BCUT2D eigenvalue weighted by Crippen LogP contribution is -2.34. The number of nitrogens with zero attached hydrogens (tertiary/aromatic N) is 2. The minimum atomic E-state index is -0.399. The third-order valence-electron chi connectivity index (χ3n) is 2.77. The van der Waals surface area contributed by atoms with Gasteiger partial charge in [-0.3, -0.25) is 4.79 Å². The molecule has 0 spiro atoms. The largest absolute Gasteiger partial charge is 0.312 e. The van der Waals surface area contributed by atoms with Crippen LogP contribution in [0.3, 0.4) is 0 Å². The number of carbonyl (C=O) groups excluding carboxylic acids is 1. The summed E-state index contributed by atoms with van der Waals surface area (Å²) in [7, 11) is 0. The number of carbonyl (C=O) groups is 1. The smallest absolute Gasteiger partial charge is 0.223 e. The molecule has 0 N–H and O–H groups in total. The summed E-state index contributed by atoms with van der Waals surface area (Å²) in [5.41, 5.74) is 1.48. The van der Waals surface area contributed by atoms with Gasteiger partial charge in [0.2, 0.25) is 5.91 Å². The van der Waals surface area contributed by atoms with Crippen LogP contribution in [0.25, 0.3) is 0 Å². The SMILES string of the molecule is CC(=O)N1CCC(N=O)c2cc(Cl)ccc21. The quantitative estimate of drug-likeness (QED) is 0.707. The van der Waals surface area contributed by atoms with Gasteiger partial charge in [-0.1, -0.05) is 16.8 Å². The highest BCUT2D eigenvalue weighted by Crippen LogP contribution is 2.37. The van der Waals surface area contributed by atoms with Crippen LogP contribution in [-0.2, 0) is 4.79 Å². The maximum absolute atomic E-state index is 11.4. The molecule has 2 rings (SSSR count). The molecule has 84 valence electrons. The van der Waals surface area contributed by atoms with Crippen LogP contribution in [0.2, 0.25) is 5.02 Å². The summed E-state index contributed by atoms with van der Waals surface area (Å²) in [5, 5.41) is 3.63. The van der Waals surface area contributed by atoms with Crippen LogP contribution in [0.4, 0.5) is 5.69 Å². The highest BCUT2D eigenvalue weighted by molar-refractivity contribution is 6.30. The second-order valence-corrected chi connectivity index (χ2v) is 4.22. The summed E-state index contributed by atoms with van der Waals surface area (Å²) in [6.45, 7) is 2.04. The molecule has 1 amide bonds. The third-order valence-corrected chi connectivity index (χ3v) is 3.01. The molecule has 0 saturated carbocycles. The number of halogens is 1. The maximum atomic E-state index is 11.4. The van der Waals surface area contributed by atoms with E-state index in [0.717, 1.165) is 11.3 Å². The first kappa shape index (κ1) is 11.1. The summed E-state index contributed by atoms with van der Waals surface area (Å²) < 4.78 is 0. The van der Waals surface area contributed by atoms with E-state index in [1.165, 1.54) is 6.92 Å². The number of benzene rings is 1. The van der Waals surface area contributed by atoms with Gasteiger partial charge in [0.05, 0.1) is 0 Å². The van der Waals surface area contributed by atoms with Crippen molar-refractivity contribution in [1.29, 1.82) is 0 Å². The fourth-order valence-electron chi connectivity index (χ4n) is 2.00. The zero-order valence-electron chi connectivity index (χ0n) is 8.81. The van der Waals surface area contributed by atoms with E-state index >= 15 is 0 Å². The molecule has 1 aromatic rings. The van der Waals surface area contributed by atoms with Crippen LogP contribution in [0.15, 0.2) is 23.4 Å². The zero-order valence-corrected chi connectivity index (χ0v) is 9.57. The molecule has 0 bridgehead atoms. The van der Waals surface area contributed by atoms with Gasteiger partial charge in [0.25, 0.3) is 0 Å². The average molecular weight is 239 g/mol. The highest BCUT2D eigenvalue weighted by atomic mass is 35.5. The average Bonchev–Trinajstić information content (AvgIpc) is 2.27. The fourth-order valence-corrected chi connectivity index (χ4v) is 2.18. The first-order valence-corrected chi connectivity index (χ1v) is 5.41. The van der Waals surface area contributed by atoms with E-state index < -0.39 is 6.04 Å². The third kappa shape index (κ3) is 1.80. The van der Waals surface area contributed by atoms with Crippen molar-refractivity contribution in [3.63, 3.8) is 0 Å². The van der Waals surface area contributed by atoms with Crippen LogP contribution in [0.1, 0.15) is 24.9 Å². The molecular formula is C11H11ClN2O2. The Morgan fingerprint density at radius 3 is 2.94 bits per heavy atom. The lowest BCUT2D eigenvalue weighted by atomic mass is 9.97. The number of nitroso groups, excluding NO2 is 1. The number of amides is 1. The van der Waals surface area contributed by atoms with Gasteiger partial charge in [0.15, 0.2) is 0 Å². The Morgan fingerprint density at radius 2 is 2.31 bits per heavy atom. The predicted molar refractivity (Wildman–Crippen MR) is 62.6 cm³/mol. The van der Waals surface area contributed by atoms with Crippen LogP contribution in [0.5, 0.6) is 0 Å². The van der Waals surface area contributed by atoms with Crippen LogP contribution < -0.4 is 4.90 Å². The summed E-state index contributed by atoms with van der Waals surface area (Å²) >= 11 is 5.88. The van der Waals surface area contributed by atoms with Crippen molar-refractivity contribution >= 4 is 23.2 Å². The van der Waals surface area contributed by atoms with Gasteiger partial charge in [-0.2, -0.15) is 4.91 Å². The Labute approximate surface area is 98.2 Å². The summed E-state index contributed by atoms with van der Waals surface area (Å²) in [5.74, 6) is -0.0343. The molecule has 1 unspecified atom stereocenters. The van der Waals surface area contributed by atoms with Gasteiger partial charge in [0.1, 0.15) is 6.04 Å². The van der Waals surface area contributed by atoms with Crippen molar-refractivity contribution in [3.8, 4) is 0 Å². The molecule has 0 aliphatic carbocycles. The number of rotatable bonds is 1. The van der Waals surface area contributed by atoms with Gasteiger partial charge in [-0.05, 0) is 24.6 Å². The summed E-state index contributed by atoms with van der Waals surface area (Å²) in [4.78, 5) is 23.8. The number of hydrogen-bond acceptors (Lipinski definition) is 3. The predicted octanol–water partition coefficient (Wildman–Crippen LogP) is 2.90. The van der Waals surface area contributed by atoms with Crippen LogP contribution >= 0.6 is 11.6 Å². The van der Waals surface area contributed by atoms with E-state index in [2.05, 4.69) is 5.18 Å². The number of hydrogen-bond donors (Lipinski definition) is 0. The molecule has 1 aliphatic heterocycles. The molecule has 0 radical (unpaired) electrons. The molecule has 1 aliphatic rings. The molecule has 1 aromatic carbocycles. The summed E-state index contributed by atoms with van der Waals surface area (Å²) in [6, 6.07) is 4.78. The topological polar surface area (TPSA) is 49.7 Å². The number of fused-ring (bicyclic) bond motifs is 1. The van der Waals surface area contributed by atoms with Crippen molar-refractivity contribution in [2.75, 3.05) is 11.4 Å². The minimum absolute atomic E-state index is 0.0343. The van der Waals surface area contributed by atoms with E-state index in [1.54, 1.807) is 23.1 Å². The molecular weight excluding hydrogens is 228 g/mol. The molecule has 0 fully saturated rings. The van der Waals surface area contributed by atoms with Crippen molar-refractivity contribution < 1.29 is 4.79 Å². The van der Waals surface area contributed by atoms with E-state index in [0.29, 0.717) is 18.0 Å². The van der Waals surface area contributed by atoms with E-state index in [1.807, 2.05) is 0 Å². The molecule has 0 saturated heterocycles. The normalized spacial score (nSPS) is 19.1. The van der Waals surface area contributed by atoms with Crippen LogP contribution in [0, 0.1) is 4.91 Å². The maximum Gasteiger partial charge on any atom is 0.223 e. The zero-order chi connectivity index (χ0) is 11.7. The lowest BCUT2D eigenvalue weighted by molar-refractivity contribution is -0.116. The second-order valence-electron chi connectivity index (χ2n) is 3.78. The Balaban J connectivity index is 2.52. The molecule has 5 heteroatoms. The first-order valence-electron chi connectivity index (χ1n) is 5.03. The molecule has 1 heterocycles. The molecule has 16 heavy (non-hydrogen) atoms. The number of anilines is 1. The highest BCUT2D eigenvalue weighted by Gasteiger charge is 2.27. The molecule has 1 atom stereocenters. The van der Waals surface area contributed by atoms with E-state index in [-0.39, 0.29) is 5.91 Å². The molecule has 0 aromatic heterocycles. The molecule has 4 nitrogen and oxygen atoms in total. The monoisotopic (exact) mass is 238 g/mol. The van der Waals surface area contributed by atoms with Crippen molar-refractivity contribution in [1.82, 2.24) is 0 Å². The van der Waals surface area contributed by atoms with Crippen molar-refractivity contribution in [2.45, 2.75) is 19.4 Å². The van der Waals surface area contributed by atoms with Gasteiger partial charge in [-0.25, -0.2) is 0 Å². The Bertz CT molecular complexity index is 448. The van der Waals surface area contributed by atoms with Gasteiger partial charge in [-0.15, -0.1) is 0 Å². The van der Waals surface area contributed by atoms with Crippen LogP contribution in [-0.4, -0.2) is 12.5 Å². The Morgan fingerprint density at radius 1 is 1.56 bits per heavy atom.